The average Bonchev–Trinajstić information content (AvgIpc) is 3.15. The molecule has 0 aromatic heterocycles. The zero-order valence-corrected chi connectivity index (χ0v) is 35.1. The van der Waals surface area contributed by atoms with E-state index in [4.69, 9.17) is 0 Å². The molecular formula is C38H32F5N2O12S4+. The lowest BCUT2D eigenvalue weighted by molar-refractivity contribution is -0.512. The van der Waals surface area contributed by atoms with Crippen LogP contribution in [-0.2, 0) is 59.0 Å². The van der Waals surface area contributed by atoms with E-state index in [2.05, 4.69) is 0 Å². The van der Waals surface area contributed by atoms with Crippen LogP contribution in [0.5, 0.6) is 0 Å². The van der Waals surface area contributed by atoms with Gasteiger partial charge in [0.05, 0.1) is 15.4 Å². The molecule has 0 saturated carbocycles. The maximum Gasteiger partial charge on any atom is 0.295 e. The average molecular weight is 932 g/mol. The molecular weight excluding hydrogens is 900 g/mol. The minimum Gasteiger partial charge on any atom is -0.370 e. The fraction of sp³-hybridized carbons (Fsp3) is 0.184. The predicted octanol–water partition coefficient (Wildman–Crippen LogP) is 5.88. The summed E-state index contributed by atoms with van der Waals surface area (Å²) in [7, 11) is -17.0. The molecule has 324 valence electrons. The second kappa shape index (κ2) is 15.3. The zero-order valence-electron chi connectivity index (χ0n) is 31.8. The van der Waals surface area contributed by atoms with Gasteiger partial charge in [-0.05, 0) is 76.4 Å². The van der Waals surface area contributed by atoms with Crippen molar-refractivity contribution in [1.29, 1.82) is 0 Å². The van der Waals surface area contributed by atoms with Crippen LogP contribution in [-0.4, -0.2) is 76.3 Å². The first-order valence-corrected chi connectivity index (χ1v) is 23.0. The van der Waals surface area contributed by atoms with Crippen molar-refractivity contribution >= 4 is 57.4 Å². The summed E-state index contributed by atoms with van der Waals surface area (Å²) in [6.45, 7) is 2.66. The minimum atomic E-state index is -5.06. The van der Waals surface area contributed by atoms with Crippen molar-refractivity contribution in [3.8, 4) is 0 Å². The van der Waals surface area contributed by atoms with Crippen LogP contribution in [0.1, 0.15) is 41.7 Å². The molecule has 23 heteroatoms. The van der Waals surface area contributed by atoms with Crippen LogP contribution in [0.2, 0.25) is 0 Å². The van der Waals surface area contributed by atoms with E-state index in [0.29, 0.717) is 12.1 Å². The molecule has 0 heterocycles. The molecule has 2 aliphatic rings. The molecule has 4 N–H and O–H groups in total. The molecule has 4 aromatic carbocycles. The van der Waals surface area contributed by atoms with E-state index in [1.54, 1.807) is 13.8 Å². The molecule has 0 saturated heterocycles. The highest BCUT2D eigenvalue weighted by Gasteiger charge is 2.42. The highest BCUT2D eigenvalue weighted by Crippen LogP contribution is 2.52. The second-order valence-corrected chi connectivity index (χ2v) is 20.2. The number of rotatable bonds is 10. The number of halogens is 5. The summed E-state index contributed by atoms with van der Waals surface area (Å²) < 4.78 is 212. The molecule has 0 amide bonds. The molecule has 0 bridgehead atoms. The van der Waals surface area contributed by atoms with Gasteiger partial charge in [-0.15, -0.1) is 0 Å². The summed E-state index contributed by atoms with van der Waals surface area (Å²) in [5, 5.41) is 0. The second-order valence-electron chi connectivity index (χ2n) is 14.6. The molecule has 0 atom stereocenters. The van der Waals surface area contributed by atoms with Gasteiger partial charge in [0, 0.05) is 48.0 Å². The molecule has 4 aromatic rings. The Morgan fingerprint density at radius 3 is 1.64 bits per heavy atom. The molecule has 14 nitrogen and oxygen atoms in total. The van der Waals surface area contributed by atoms with E-state index in [1.165, 1.54) is 60.0 Å². The fourth-order valence-corrected chi connectivity index (χ4v) is 9.86. The Morgan fingerprint density at radius 2 is 1.13 bits per heavy atom. The van der Waals surface area contributed by atoms with Crippen molar-refractivity contribution in [2.75, 3.05) is 19.0 Å². The van der Waals surface area contributed by atoms with Crippen molar-refractivity contribution in [1.82, 2.24) is 0 Å². The van der Waals surface area contributed by atoms with Gasteiger partial charge in [-0.3, -0.25) is 18.2 Å². The van der Waals surface area contributed by atoms with E-state index in [-0.39, 0.29) is 57.9 Å². The standard InChI is InChI=1S/C38H31F5N2O12S4/c1-38(2)27-13-21(44(3)17-19-5-9-23(58(46,47)48)15-29(19)60(52,53)54)7-11-25(27)31(32-33(39)35(41)37(43)36(42)34(32)40)26-12-8-22(14-28(26)38)45(4)18-20-6-10-24(59(49,50)51)16-30(20)61(55,56)57/h5-16H,17-18H2,1-4H3,(H3-,46,47,48,49,50,51,52,53,54,55,56,57)/p+1. The van der Waals surface area contributed by atoms with Gasteiger partial charge in [0.2, 0.25) is 5.82 Å². The first kappa shape index (κ1) is 45.4. The van der Waals surface area contributed by atoms with E-state index in [0.717, 1.165) is 24.3 Å². The van der Waals surface area contributed by atoms with Gasteiger partial charge in [-0.25, -0.2) is 26.5 Å². The number of allylic oxidation sites excluding steroid dienone is 5. The SMILES string of the molecule is CN(Cc1ccc(S(=O)(=O)O)cc1S(=O)(=O)O)c1ccc2c(c1)C(C)(C)C1=CC(=[N+](C)Cc3ccc(S(=O)(=O)O)cc3S(=O)(=O)O)C=CC1=C2c1c(F)c(F)c(F)c(F)c1F. The molecule has 0 aliphatic heterocycles. The van der Waals surface area contributed by atoms with Crippen LogP contribution >= 0.6 is 0 Å². The van der Waals surface area contributed by atoms with E-state index in [9.17, 15) is 65.1 Å². The third-order valence-electron chi connectivity index (χ3n) is 10.3. The number of hydrogen-bond acceptors (Lipinski definition) is 9. The van der Waals surface area contributed by atoms with Crippen LogP contribution in [0.4, 0.5) is 27.6 Å². The topological polar surface area (TPSA) is 224 Å². The van der Waals surface area contributed by atoms with Gasteiger partial charge >= 0.3 is 0 Å². The summed E-state index contributed by atoms with van der Waals surface area (Å²) >= 11 is 0. The molecule has 0 radical (unpaired) electrons. The van der Waals surface area contributed by atoms with Crippen LogP contribution in [0.25, 0.3) is 5.57 Å². The molecule has 61 heavy (non-hydrogen) atoms. The number of hydrogen-bond donors (Lipinski definition) is 4. The van der Waals surface area contributed by atoms with Gasteiger partial charge in [-0.2, -0.15) is 33.7 Å². The van der Waals surface area contributed by atoms with Crippen molar-refractivity contribution in [3.63, 3.8) is 0 Å². The highest BCUT2D eigenvalue weighted by atomic mass is 32.2. The summed E-state index contributed by atoms with van der Waals surface area (Å²) in [5.41, 5.74) is -2.08. The Bertz CT molecular complexity index is 3170. The number of fused-ring (bicyclic) bond motifs is 2. The number of nitrogens with zero attached hydrogens (tertiary/aromatic N) is 2. The van der Waals surface area contributed by atoms with E-state index >= 15 is 8.78 Å². The third kappa shape index (κ3) is 8.43. The van der Waals surface area contributed by atoms with Gasteiger partial charge < -0.3 is 4.90 Å². The van der Waals surface area contributed by atoms with Crippen molar-refractivity contribution in [2.24, 2.45) is 0 Å². The Morgan fingerprint density at radius 1 is 0.639 bits per heavy atom. The van der Waals surface area contributed by atoms with Gasteiger partial charge in [0.1, 0.15) is 16.8 Å². The largest absolute Gasteiger partial charge is 0.370 e. The molecule has 2 aliphatic carbocycles. The quantitative estimate of drug-likeness (QED) is 0.0480. The summed E-state index contributed by atoms with van der Waals surface area (Å²) in [4.78, 5) is -1.91. The Labute approximate surface area is 346 Å². The number of benzene rings is 4. The minimum absolute atomic E-state index is 0.0202. The fourth-order valence-electron chi connectivity index (χ4n) is 7.22. The van der Waals surface area contributed by atoms with Crippen LogP contribution in [0.3, 0.4) is 0 Å². The van der Waals surface area contributed by atoms with Gasteiger partial charge in [-0.1, -0.05) is 26.0 Å². The van der Waals surface area contributed by atoms with Gasteiger partial charge in [0.15, 0.2) is 35.5 Å². The Hall–Kier alpha value is -5.14. The van der Waals surface area contributed by atoms with Crippen molar-refractivity contribution in [2.45, 2.75) is 51.9 Å². The zero-order chi connectivity index (χ0) is 45.5. The van der Waals surface area contributed by atoms with E-state index in [1.807, 2.05) is 0 Å². The Kier molecular flexibility index (Phi) is 11.4. The first-order valence-electron chi connectivity index (χ1n) is 17.2. The predicted molar refractivity (Wildman–Crippen MR) is 208 cm³/mol. The molecule has 0 spiro atoms. The summed E-state index contributed by atoms with van der Waals surface area (Å²) in [6, 6.07) is 9.22. The third-order valence-corrected chi connectivity index (χ3v) is 13.8. The lowest BCUT2D eigenvalue weighted by Gasteiger charge is -2.39. The summed E-state index contributed by atoms with van der Waals surface area (Å²) in [5.74, 6) is -11.1. The molecule has 0 unspecified atom stereocenters. The molecule has 0 fully saturated rings. The molecule has 6 rings (SSSR count). The monoisotopic (exact) mass is 931 g/mol. The van der Waals surface area contributed by atoms with Crippen molar-refractivity contribution < 1.29 is 78.4 Å². The van der Waals surface area contributed by atoms with Crippen molar-refractivity contribution in [3.05, 3.63) is 141 Å². The Balaban J connectivity index is 1.55. The first-order chi connectivity index (χ1) is 27.9. The number of anilines is 1. The van der Waals surface area contributed by atoms with E-state index < -0.39 is 106 Å². The summed E-state index contributed by atoms with van der Waals surface area (Å²) in [6.07, 6.45) is 4.24. The van der Waals surface area contributed by atoms with Crippen LogP contribution in [0.15, 0.2) is 104 Å². The van der Waals surface area contributed by atoms with Crippen LogP contribution < -0.4 is 4.90 Å². The normalized spacial score (nSPS) is 16.2. The highest BCUT2D eigenvalue weighted by molar-refractivity contribution is 7.87. The smallest absolute Gasteiger partial charge is 0.295 e. The maximum atomic E-state index is 15.7. The van der Waals surface area contributed by atoms with Crippen LogP contribution in [0, 0.1) is 29.1 Å². The lowest BCUT2D eigenvalue weighted by Crippen LogP contribution is -2.31. The van der Waals surface area contributed by atoms with Gasteiger partial charge in [0.25, 0.3) is 40.5 Å². The maximum absolute atomic E-state index is 15.7. The lowest BCUT2D eigenvalue weighted by atomic mass is 9.64.